The van der Waals surface area contributed by atoms with E-state index in [1.54, 1.807) is 17.2 Å². The number of nitrogens with zero attached hydrogens (tertiary/aromatic N) is 2. The Morgan fingerprint density at radius 2 is 2.20 bits per heavy atom. The highest BCUT2D eigenvalue weighted by molar-refractivity contribution is 5.97. The van der Waals surface area contributed by atoms with E-state index in [0.29, 0.717) is 6.54 Å². The van der Waals surface area contributed by atoms with Crippen LogP contribution in [0.4, 0.5) is 5.69 Å². The van der Waals surface area contributed by atoms with E-state index < -0.39 is 0 Å². The largest absolute Gasteiger partial charge is 0.330 e. The van der Waals surface area contributed by atoms with Crippen molar-refractivity contribution in [3.63, 3.8) is 0 Å². The molecule has 0 aliphatic carbocycles. The molecule has 0 saturated carbocycles. The number of hydrogen-bond acceptors (Lipinski definition) is 3. The van der Waals surface area contributed by atoms with E-state index in [-0.39, 0.29) is 23.8 Å². The first-order valence-corrected chi connectivity index (χ1v) is 7.03. The van der Waals surface area contributed by atoms with Crippen LogP contribution in [0.15, 0.2) is 18.3 Å². The summed E-state index contributed by atoms with van der Waals surface area (Å²) in [7, 11) is 0. The number of amides is 2. The van der Waals surface area contributed by atoms with E-state index in [0.717, 1.165) is 24.2 Å². The van der Waals surface area contributed by atoms with Gasteiger partial charge in [0.15, 0.2) is 0 Å². The first kappa shape index (κ1) is 14.5. The molecule has 1 aromatic heterocycles. The maximum absolute atomic E-state index is 12.3. The Morgan fingerprint density at radius 1 is 1.45 bits per heavy atom. The van der Waals surface area contributed by atoms with Crippen molar-refractivity contribution in [3.8, 4) is 0 Å². The molecule has 0 aromatic carbocycles. The van der Waals surface area contributed by atoms with E-state index in [9.17, 15) is 9.59 Å². The van der Waals surface area contributed by atoms with Gasteiger partial charge in [0, 0.05) is 30.0 Å². The molecule has 0 radical (unpaired) electrons. The molecule has 5 nitrogen and oxygen atoms in total. The average molecular weight is 275 g/mol. The Kier molecular flexibility index (Phi) is 4.37. The fourth-order valence-corrected chi connectivity index (χ4v) is 2.48. The highest BCUT2D eigenvalue weighted by Gasteiger charge is 2.34. The van der Waals surface area contributed by atoms with Gasteiger partial charge in [-0.25, -0.2) is 0 Å². The van der Waals surface area contributed by atoms with Crippen molar-refractivity contribution < 1.29 is 9.59 Å². The van der Waals surface area contributed by atoms with Gasteiger partial charge in [0.2, 0.25) is 11.8 Å². The summed E-state index contributed by atoms with van der Waals surface area (Å²) in [6.45, 7) is 6.27. The van der Waals surface area contributed by atoms with Crippen molar-refractivity contribution in [3.05, 3.63) is 24.0 Å². The minimum absolute atomic E-state index is 0.0496. The Labute approximate surface area is 119 Å². The predicted octanol–water partition coefficient (Wildman–Crippen LogP) is 1.98. The van der Waals surface area contributed by atoms with E-state index >= 15 is 0 Å². The summed E-state index contributed by atoms with van der Waals surface area (Å²) in [4.78, 5) is 30.2. The number of hydrogen-bond donors (Lipinski definition) is 1. The maximum Gasteiger partial charge on any atom is 0.247 e. The average Bonchev–Trinajstić information content (AvgIpc) is 2.86. The quantitative estimate of drug-likeness (QED) is 0.917. The number of rotatable bonds is 3. The predicted molar refractivity (Wildman–Crippen MR) is 77.2 cm³/mol. The van der Waals surface area contributed by atoms with Crippen LogP contribution in [0.1, 0.15) is 32.4 Å². The second kappa shape index (κ2) is 6.03. The highest BCUT2D eigenvalue weighted by Crippen LogP contribution is 2.21. The number of aryl methyl sites for hydroxylation is 1. The summed E-state index contributed by atoms with van der Waals surface area (Å²) in [6, 6.07) is 3.23. The molecular formula is C15H21N3O2. The number of carbonyl (C=O) groups excluding carboxylic acids is 2. The third-order valence-electron chi connectivity index (χ3n) is 3.50. The fraction of sp³-hybridized carbons (Fsp3) is 0.533. The highest BCUT2D eigenvalue weighted by atomic mass is 16.2. The molecule has 1 atom stereocenters. The van der Waals surface area contributed by atoms with Gasteiger partial charge in [-0.15, -0.1) is 0 Å². The molecule has 1 aliphatic rings. The molecule has 0 bridgehead atoms. The van der Waals surface area contributed by atoms with Crippen LogP contribution in [0, 0.1) is 12.8 Å². The molecule has 2 amide bonds. The summed E-state index contributed by atoms with van der Waals surface area (Å²) in [6.07, 6.45) is 3.27. The lowest BCUT2D eigenvalue weighted by Gasteiger charge is -2.25. The summed E-state index contributed by atoms with van der Waals surface area (Å²) in [5, 5.41) is 2.88. The van der Waals surface area contributed by atoms with E-state index in [1.807, 2.05) is 26.8 Å². The molecule has 2 heterocycles. The van der Waals surface area contributed by atoms with Crippen molar-refractivity contribution in [1.29, 1.82) is 0 Å². The van der Waals surface area contributed by atoms with Gasteiger partial charge in [-0.1, -0.05) is 13.8 Å². The van der Waals surface area contributed by atoms with Crippen LogP contribution in [-0.4, -0.2) is 34.3 Å². The van der Waals surface area contributed by atoms with E-state index in [4.69, 9.17) is 0 Å². The van der Waals surface area contributed by atoms with E-state index in [2.05, 4.69) is 10.3 Å². The topological polar surface area (TPSA) is 62.3 Å². The van der Waals surface area contributed by atoms with Gasteiger partial charge >= 0.3 is 0 Å². The van der Waals surface area contributed by atoms with Gasteiger partial charge in [-0.05, 0) is 31.9 Å². The first-order chi connectivity index (χ1) is 9.49. The van der Waals surface area contributed by atoms with Crippen LogP contribution in [0.5, 0.6) is 0 Å². The lowest BCUT2D eigenvalue weighted by Crippen LogP contribution is -2.44. The van der Waals surface area contributed by atoms with E-state index in [1.165, 1.54) is 0 Å². The minimum Gasteiger partial charge on any atom is -0.330 e. The molecule has 0 spiro atoms. The number of likely N-dealkylation sites (tertiary alicyclic amines) is 1. The summed E-state index contributed by atoms with van der Waals surface area (Å²) in [5.41, 5.74) is 1.58. The second-order valence-electron chi connectivity index (χ2n) is 5.52. The number of nitrogens with one attached hydrogen (secondary N) is 1. The number of anilines is 1. The lowest BCUT2D eigenvalue weighted by atomic mass is 10.1. The van der Waals surface area contributed by atoms with Crippen LogP contribution in [-0.2, 0) is 9.59 Å². The Balaban J connectivity index is 2.06. The maximum atomic E-state index is 12.3. The minimum atomic E-state index is -0.349. The molecule has 1 unspecified atom stereocenters. The van der Waals surface area contributed by atoms with Crippen molar-refractivity contribution in [2.45, 2.75) is 39.7 Å². The Bertz CT molecular complexity index is 514. The molecule has 1 aromatic rings. The van der Waals surface area contributed by atoms with Gasteiger partial charge in [0.05, 0.1) is 0 Å². The van der Waals surface area contributed by atoms with Gasteiger partial charge < -0.3 is 10.2 Å². The van der Waals surface area contributed by atoms with Crippen LogP contribution in [0.3, 0.4) is 0 Å². The van der Waals surface area contributed by atoms with Gasteiger partial charge in [-0.2, -0.15) is 0 Å². The monoisotopic (exact) mass is 275 g/mol. The molecule has 108 valence electrons. The molecule has 20 heavy (non-hydrogen) atoms. The smallest absolute Gasteiger partial charge is 0.247 e. The summed E-state index contributed by atoms with van der Waals surface area (Å²) in [5.74, 6) is -0.137. The molecule has 1 saturated heterocycles. The summed E-state index contributed by atoms with van der Waals surface area (Å²) >= 11 is 0. The lowest BCUT2D eigenvalue weighted by molar-refractivity contribution is -0.139. The molecule has 1 aliphatic heterocycles. The Morgan fingerprint density at radius 3 is 2.85 bits per heavy atom. The van der Waals surface area contributed by atoms with Crippen molar-refractivity contribution >= 4 is 17.5 Å². The second-order valence-corrected chi connectivity index (χ2v) is 5.52. The first-order valence-electron chi connectivity index (χ1n) is 7.03. The van der Waals surface area contributed by atoms with Gasteiger partial charge in [0.25, 0.3) is 0 Å². The molecular weight excluding hydrogens is 254 g/mol. The van der Waals surface area contributed by atoms with Gasteiger partial charge in [-0.3, -0.25) is 14.6 Å². The Hall–Kier alpha value is -1.91. The third kappa shape index (κ3) is 3.15. The van der Waals surface area contributed by atoms with Crippen molar-refractivity contribution in [1.82, 2.24) is 9.88 Å². The van der Waals surface area contributed by atoms with Crippen LogP contribution in [0.2, 0.25) is 0 Å². The van der Waals surface area contributed by atoms with Gasteiger partial charge in [0.1, 0.15) is 6.04 Å². The van der Waals surface area contributed by atoms with Crippen LogP contribution >= 0.6 is 0 Å². The third-order valence-corrected chi connectivity index (χ3v) is 3.50. The molecule has 1 fully saturated rings. The number of pyridine rings is 1. The number of aromatic nitrogens is 1. The zero-order valence-electron chi connectivity index (χ0n) is 12.2. The van der Waals surface area contributed by atoms with Crippen molar-refractivity contribution in [2.75, 3.05) is 11.9 Å². The normalized spacial score (nSPS) is 18.4. The SMILES string of the molecule is Cc1cc(NC(=O)C2CCCN2C(=O)C(C)C)ccn1. The van der Waals surface area contributed by atoms with Crippen LogP contribution < -0.4 is 5.32 Å². The molecule has 2 rings (SSSR count). The standard InChI is InChI=1S/C15H21N3O2/c1-10(2)15(20)18-8-4-5-13(18)14(19)17-12-6-7-16-11(3)9-12/h6-7,9-10,13H,4-5,8H2,1-3H3,(H,16,17,19). The van der Waals surface area contributed by atoms with Crippen molar-refractivity contribution in [2.24, 2.45) is 5.92 Å². The zero-order valence-corrected chi connectivity index (χ0v) is 12.2. The van der Waals surface area contributed by atoms with Crippen LogP contribution in [0.25, 0.3) is 0 Å². The summed E-state index contributed by atoms with van der Waals surface area (Å²) < 4.78 is 0. The molecule has 5 heteroatoms. The number of carbonyl (C=O) groups is 2. The fourth-order valence-electron chi connectivity index (χ4n) is 2.48. The molecule has 1 N–H and O–H groups in total. The zero-order chi connectivity index (χ0) is 14.7.